The highest BCUT2D eigenvalue weighted by Gasteiger charge is 2.20. The van der Waals surface area contributed by atoms with E-state index in [0.717, 1.165) is 6.42 Å². The van der Waals surface area contributed by atoms with Crippen LogP contribution in [0.25, 0.3) is 10.9 Å². The largest absolute Gasteiger partial charge is 0.358 e. The Morgan fingerprint density at radius 1 is 1.33 bits per heavy atom. The van der Waals surface area contributed by atoms with Gasteiger partial charge in [-0.15, -0.1) is 6.58 Å². The zero-order chi connectivity index (χ0) is 10.9. The number of rotatable bonds is 3. The first kappa shape index (κ1) is 10.0. The fourth-order valence-electron chi connectivity index (χ4n) is 1.91. The van der Waals surface area contributed by atoms with Crippen LogP contribution < -0.4 is 0 Å². The molecule has 0 unspecified atom stereocenters. The highest BCUT2D eigenvalue weighted by atomic mass is 14.7. The molecule has 0 fully saturated rings. The van der Waals surface area contributed by atoms with Crippen LogP contribution in [-0.2, 0) is 5.41 Å². The van der Waals surface area contributed by atoms with Crippen LogP contribution in [-0.4, -0.2) is 4.98 Å². The molecule has 78 valence electrons. The molecule has 15 heavy (non-hydrogen) atoms. The summed E-state index contributed by atoms with van der Waals surface area (Å²) in [6, 6.07) is 10.6. The SMILES string of the molecule is C=CCC(C)(C)c1cc2ccccc2[nH]1. The first-order valence-corrected chi connectivity index (χ1v) is 5.32. The molecule has 1 nitrogen and oxygen atoms in total. The zero-order valence-electron chi connectivity index (χ0n) is 9.38. The van der Waals surface area contributed by atoms with Gasteiger partial charge >= 0.3 is 0 Å². The van der Waals surface area contributed by atoms with Gasteiger partial charge in [-0.3, -0.25) is 0 Å². The lowest BCUT2D eigenvalue weighted by atomic mass is 9.86. The van der Waals surface area contributed by atoms with Crippen molar-refractivity contribution in [1.82, 2.24) is 4.98 Å². The van der Waals surface area contributed by atoms with Gasteiger partial charge in [-0.1, -0.05) is 38.1 Å². The number of H-pyrrole nitrogens is 1. The number of para-hydroxylation sites is 1. The second kappa shape index (κ2) is 3.58. The number of hydrogen-bond acceptors (Lipinski definition) is 0. The van der Waals surface area contributed by atoms with Gasteiger partial charge in [0.1, 0.15) is 0 Å². The Labute approximate surface area is 90.8 Å². The second-order valence-electron chi connectivity index (χ2n) is 4.65. The van der Waals surface area contributed by atoms with E-state index < -0.39 is 0 Å². The molecular formula is C14H17N. The molecule has 1 aromatic carbocycles. The summed E-state index contributed by atoms with van der Waals surface area (Å²) in [6.45, 7) is 8.28. The van der Waals surface area contributed by atoms with E-state index in [1.54, 1.807) is 0 Å². The van der Waals surface area contributed by atoms with E-state index in [1.165, 1.54) is 16.6 Å². The maximum Gasteiger partial charge on any atom is 0.0456 e. The lowest BCUT2D eigenvalue weighted by Gasteiger charge is -2.21. The molecular weight excluding hydrogens is 182 g/mol. The fourth-order valence-corrected chi connectivity index (χ4v) is 1.91. The van der Waals surface area contributed by atoms with E-state index >= 15 is 0 Å². The molecule has 0 atom stereocenters. The van der Waals surface area contributed by atoms with Crippen molar-refractivity contribution < 1.29 is 0 Å². The zero-order valence-corrected chi connectivity index (χ0v) is 9.38. The molecule has 1 heterocycles. The van der Waals surface area contributed by atoms with Gasteiger partial charge in [0.05, 0.1) is 0 Å². The van der Waals surface area contributed by atoms with E-state index in [9.17, 15) is 0 Å². The van der Waals surface area contributed by atoms with Gasteiger partial charge in [-0.2, -0.15) is 0 Å². The van der Waals surface area contributed by atoms with Crippen molar-refractivity contribution in [2.24, 2.45) is 0 Å². The summed E-state index contributed by atoms with van der Waals surface area (Å²) in [5, 5.41) is 1.28. The Morgan fingerprint density at radius 2 is 2.07 bits per heavy atom. The average Bonchev–Trinajstić information content (AvgIpc) is 2.61. The van der Waals surface area contributed by atoms with Crippen LogP contribution in [0.15, 0.2) is 43.0 Å². The summed E-state index contributed by atoms with van der Waals surface area (Å²) in [5.74, 6) is 0. The van der Waals surface area contributed by atoms with Crippen molar-refractivity contribution in [3.05, 3.63) is 48.7 Å². The molecule has 0 aliphatic carbocycles. The van der Waals surface area contributed by atoms with E-state index in [2.05, 4.69) is 55.7 Å². The van der Waals surface area contributed by atoms with E-state index in [-0.39, 0.29) is 5.41 Å². The maximum atomic E-state index is 3.81. The number of aromatic amines is 1. The minimum absolute atomic E-state index is 0.140. The lowest BCUT2D eigenvalue weighted by molar-refractivity contribution is 0.521. The van der Waals surface area contributed by atoms with E-state index in [1.807, 2.05) is 6.08 Å². The highest BCUT2D eigenvalue weighted by molar-refractivity contribution is 5.80. The normalized spacial score (nSPS) is 11.9. The summed E-state index contributed by atoms with van der Waals surface area (Å²) in [4.78, 5) is 3.47. The van der Waals surface area contributed by atoms with Crippen molar-refractivity contribution >= 4 is 10.9 Å². The molecule has 2 rings (SSSR count). The molecule has 2 aromatic rings. The van der Waals surface area contributed by atoms with Crippen LogP contribution >= 0.6 is 0 Å². The average molecular weight is 199 g/mol. The molecule has 1 heteroatoms. The monoisotopic (exact) mass is 199 g/mol. The minimum atomic E-state index is 0.140. The van der Waals surface area contributed by atoms with Crippen LogP contribution in [0, 0.1) is 0 Å². The van der Waals surface area contributed by atoms with Gasteiger partial charge in [0.15, 0.2) is 0 Å². The number of aromatic nitrogens is 1. The third-order valence-corrected chi connectivity index (χ3v) is 2.91. The third-order valence-electron chi connectivity index (χ3n) is 2.91. The van der Waals surface area contributed by atoms with Gasteiger partial charge < -0.3 is 4.98 Å². The predicted molar refractivity (Wildman–Crippen MR) is 66.1 cm³/mol. The molecule has 0 saturated heterocycles. The van der Waals surface area contributed by atoms with Crippen LogP contribution in [0.3, 0.4) is 0 Å². The molecule has 0 saturated carbocycles. The highest BCUT2D eigenvalue weighted by Crippen LogP contribution is 2.29. The second-order valence-corrected chi connectivity index (χ2v) is 4.65. The number of hydrogen-bond donors (Lipinski definition) is 1. The molecule has 0 spiro atoms. The Kier molecular flexibility index (Phi) is 2.39. The minimum Gasteiger partial charge on any atom is -0.358 e. The molecule has 0 aliphatic rings. The molecule has 0 aliphatic heterocycles. The summed E-state index contributed by atoms with van der Waals surface area (Å²) in [7, 11) is 0. The molecule has 1 N–H and O–H groups in total. The number of benzene rings is 1. The topological polar surface area (TPSA) is 15.8 Å². The molecule has 0 bridgehead atoms. The van der Waals surface area contributed by atoms with Crippen molar-refractivity contribution in [2.75, 3.05) is 0 Å². The summed E-state index contributed by atoms with van der Waals surface area (Å²) >= 11 is 0. The summed E-state index contributed by atoms with van der Waals surface area (Å²) < 4.78 is 0. The predicted octanol–water partition coefficient (Wildman–Crippen LogP) is 4.02. The van der Waals surface area contributed by atoms with Gasteiger partial charge in [-0.25, -0.2) is 0 Å². The van der Waals surface area contributed by atoms with Crippen molar-refractivity contribution in [1.29, 1.82) is 0 Å². The first-order valence-electron chi connectivity index (χ1n) is 5.32. The smallest absolute Gasteiger partial charge is 0.0456 e. The number of fused-ring (bicyclic) bond motifs is 1. The summed E-state index contributed by atoms with van der Waals surface area (Å²) in [6.07, 6.45) is 2.96. The molecule has 0 radical (unpaired) electrons. The Balaban J connectivity index is 2.48. The third kappa shape index (κ3) is 1.82. The lowest BCUT2D eigenvalue weighted by Crippen LogP contribution is -2.16. The fraction of sp³-hybridized carbons (Fsp3) is 0.286. The number of nitrogens with one attached hydrogen (secondary N) is 1. The van der Waals surface area contributed by atoms with Gasteiger partial charge in [0, 0.05) is 16.6 Å². The van der Waals surface area contributed by atoms with Crippen molar-refractivity contribution in [3.63, 3.8) is 0 Å². The van der Waals surface area contributed by atoms with Crippen LogP contribution in [0.2, 0.25) is 0 Å². The van der Waals surface area contributed by atoms with Crippen molar-refractivity contribution in [2.45, 2.75) is 25.7 Å². The Morgan fingerprint density at radius 3 is 2.73 bits per heavy atom. The van der Waals surface area contributed by atoms with Gasteiger partial charge in [0.25, 0.3) is 0 Å². The summed E-state index contributed by atoms with van der Waals surface area (Å²) in [5.41, 5.74) is 2.63. The Hall–Kier alpha value is -1.50. The van der Waals surface area contributed by atoms with Crippen molar-refractivity contribution in [3.8, 4) is 0 Å². The number of allylic oxidation sites excluding steroid dienone is 1. The molecule has 1 aromatic heterocycles. The molecule has 0 amide bonds. The van der Waals surface area contributed by atoms with Gasteiger partial charge in [-0.05, 0) is 23.9 Å². The van der Waals surface area contributed by atoms with Crippen LogP contribution in [0.5, 0.6) is 0 Å². The Bertz CT molecular complexity index is 444. The quantitative estimate of drug-likeness (QED) is 0.718. The van der Waals surface area contributed by atoms with E-state index in [0.29, 0.717) is 0 Å². The standard InChI is InChI=1S/C14H17N/c1-4-9-14(2,3)13-10-11-7-5-6-8-12(11)15-13/h4-8,10,15H,1,9H2,2-3H3. The first-order chi connectivity index (χ1) is 7.13. The van der Waals surface area contributed by atoms with Crippen LogP contribution in [0.1, 0.15) is 26.0 Å². The van der Waals surface area contributed by atoms with E-state index in [4.69, 9.17) is 0 Å². The maximum absolute atomic E-state index is 3.81. The van der Waals surface area contributed by atoms with Gasteiger partial charge in [0.2, 0.25) is 0 Å². The van der Waals surface area contributed by atoms with Crippen LogP contribution in [0.4, 0.5) is 0 Å².